The van der Waals surface area contributed by atoms with Crippen molar-refractivity contribution < 1.29 is 0 Å². The summed E-state index contributed by atoms with van der Waals surface area (Å²) in [4.78, 5) is 0. The predicted molar refractivity (Wildman–Crippen MR) is 60.4 cm³/mol. The summed E-state index contributed by atoms with van der Waals surface area (Å²) in [5.41, 5.74) is 0. The van der Waals surface area contributed by atoms with Crippen LogP contribution < -0.4 is 5.32 Å². The number of hydrogen-bond donors (Lipinski definition) is 1. The third-order valence-electron chi connectivity index (χ3n) is 1.54. The molecule has 0 fully saturated rings. The Bertz CT molecular complexity index is 74.0. The number of hydrogen-bond acceptors (Lipinski definition) is 1. The van der Waals surface area contributed by atoms with Gasteiger partial charge in [0.15, 0.2) is 0 Å². The van der Waals surface area contributed by atoms with E-state index in [0.717, 1.165) is 5.92 Å². The molecule has 0 atom stereocenters. The summed E-state index contributed by atoms with van der Waals surface area (Å²) in [6.45, 7) is 6.87. The Morgan fingerprint density at radius 2 is 1.91 bits per heavy atom. The van der Waals surface area contributed by atoms with Crippen molar-refractivity contribution in [3.8, 4) is 0 Å². The first-order valence-electron chi connectivity index (χ1n) is 4.54. The van der Waals surface area contributed by atoms with Crippen LogP contribution in [0.25, 0.3) is 0 Å². The molecular formula is C9H20IN. The zero-order valence-corrected chi connectivity index (χ0v) is 9.86. The fraction of sp³-hybridized carbons (Fsp3) is 1.00. The van der Waals surface area contributed by atoms with Crippen LogP contribution in [0.3, 0.4) is 0 Å². The molecule has 0 rings (SSSR count). The van der Waals surface area contributed by atoms with Crippen molar-refractivity contribution in [1.82, 2.24) is 5.32 Å². The van der Waals surface area contributed by atoms with Gasteiger partial charge >= 0.3 is 0 Å². The fourth-order valence-corrected chi connectivity index (χ4v) is 1.45. The van der Waals surface area contributed by atoms with Gasteiger partial charge in [-0.05, 0) is 36.3 Å². The Hall–Kier alpha value is 0.690. The molecule has 0 aliphatic carbocycles. The van der Waals surface area contributed by atoms with Crippen molar-refractivity contribution in [3.05, 3.63) is 0 Å². The van der Waals surface area contributed by atoms with Crippen molar-refractivity contribution in [2.24, 2.45) is 5.92 Å². The molecule has 0 amide bonds. The van der Waals surface area contributed by atoms with Crippen LogP contribution in [0.15, 0.2) is 0 Å². The molecule has 2 heteroatoms. The molecule has 0 saturated heterocycles. The number of nitrogens with one attached hydrogen (secondary N) is 1. The highest BCUT2D eigenvalue weighted by Crippen LogP contribution is 1.97. The molecule has 0 aromatic carbocycles. The van der Waals surface area contributed by atoms with Crippen LogP contribution in [0.5, 0.6) is 0 Å². The van der Waals surface area contributed by atoms with Gasteiger partial charge in [0.1, 0.15) is 0 Å². The van der Waals surface area contributed by atoms with Gasteiger partial charge in [0, 0.05) is 0 Å². The van der Waals surface area contributed by atoms with Crippen LogP contribution in [0, 0.1) is 5.92 Å². The van der Waals surface area contributed by atoms with Crippen LogP contribution >= 0.6 is 22.6 Å². The summed E-state index contributed by atoms with van der Waals surface area (Å²) in [5, 5.41) is 3.44. The second-order valence-electron chi connectivity index (χ2n) is 3.35. The number of alkyl halides is 1. The van der Waals surface area contributed by atoms with Crippen molar-refractivity contribution in [1.29, 1.82) is 0 Å². The minimum absolute atomic E-state index is 0.791. The first kappa shape index (κ1) is 11.7. The van der Waals surface area contributed by atoms with Crippen LogP contribution in [0.4, 0.5) is 0 Å². The van der Waals surface area contributed by atoms with Gasteiger partial charge in [-0.15, -0.1) is 0 Å². The SMILES string of the molecule is CC(C)CNCCCCCI. The summed E-state index contributed by atoms with van der Waals surface area (Å²) in [6, 6.07) is 0. The van der Waals surface area contributed by atoms with E-state index in [1.54, 1.807) is 0 Å². The first-order valence-corrected chi connectivity index (χ1v) is 6.06. The van der Waals surface area contributed by atoms with Gasteiger partial charge in [-0.2, -0.15) is 0 Å². The van der Waals surface area contributed by atoms with Gasteiger partial charge in [0.05, 0.1) is 0 Å². The van der Waals surface area contributed by atoms with Gasteiger partial charge in [-0.1, -0.05) is 42.9 Å². The third-order valence-corrected chi connectivity index (χ3v) is 2.30. The molecule has 0 radical (unpaired) electrons. The van der Waals surface area contributed by atoms with Crippen LogP contribution in [-0.2, 0) is 0 Å². The maximum absolute atomic E-state index is 3.44. The molecule has 0 spiro atoms. The molecule has 1 N–H and O–H groups in total. The van der Waals surface area contributed by atoms with Crippen molar-refractivity contribution >= 4 is 22.6 Å². The molecule has 0 aromatic rings. The highest BCUT2D eigenvalue weighted by Gasteiger charge is 1.91. The van der Waals surface area contributed by atoms with E-state index in [1.807, 2.05) is 0 Å². The standard InChI is InChI=1S/C9H20IN/c1-9(2)8-11-7-5-3-4-6-10/h9,11H,3-8H2,1-2H3. The van der Waals surface area contributed by atoms with Crippen molar-refractivity contribution in [2.45, 2.75) is 33.1 Å². The summed E-state index contributed by atoms with van der Waals surface area (Å²) in [7, 11) is 0. The summed E-state index contributed by atoms with van der Waals surface area (Å²) in [6.07, 6.45) is 4.10. The Morgan fingerprint density at radius 1 is 1.18 bits per heavy atom. The van der Waals surface area contributed by atoms with E-state index in [4.69, 9.17) is 0 Å². The molecule has 11 heavy (non-hydrogen) atoms. The van der Waals surface area contributed by atoms with E-state index in [2.05, 4.69) is 41.8 Å². The van der Waals surface area contributed by atoms with Crippen LogP contribution in [0.1, 0.15) is 33.1 Å². The average molecular weight is 269 g/mol. The Labute approximate surface area is 84.5 Å². The van der Waals surface area contributed by atoms with Crippen molar-refractivity contribution in [3.63, 3.8) is 0 Å². The molecular weight excluding hydrogens is 249 g/mol. The zero-order chi connectivity index (χ0) is 8.53. The Balaban J connectivity index is 2.80. The average Bonchev–Trinajstić information content (AvgIpc) is 1.96. The topological polar surface area (TPSA) is 12.0 Å². The fourth-order valence-electron chi connectivity index (χ4n) is 0.912. The number of rotatable bonds is 7. The maximum atomic E-state index is 3.44. The highest BCUT2D eigenvalue weighted by atomic mass is 127. The lowest BCUT2D eigenvalue weighted by atomic mass is 10.2. The van der Waals surface area contributed by atoms with E-state index >= 15 is 0 Å². The summed E-state index contributed by atoms with van der Waals surface area (Å²) >= 11 is 2.44. The monoisotopic (exact) mass is 269 g/mol. The van der Waals surface area contributed by atoms with Crippen molar-refractivity contribution in [2.75, 3.05) is 17.5 Å². The van der Waals surface area contributed by atoms with E-state index in [-0.39, 0.29) is 0 Å². The van der Waals surface area contributed by atoms with E-state index in [9.17, 15) is 0 Å². The summed E-state index contributed by atoms with van der Waals surface area (Å²) < 4.78 is 1.31. The van der Waals surface area contributed by atoms with E-state index in [0.29, 0.717) is 0 Å². The highest BCUT2D eigenvalue weighted by molar-refractivity contribution is 14.1. The van der Waals surface area contributed by atoms with Gasteiger partial charge < -0.3 is 5.32 Å². The van der Waals surface area contributed by atoms with Gasteiger partial charge in [0.25, 0.3) is 0 Å². The normalized spacial score (nSPS) is 10.9. The summed E-state index contributed by atoms with van der Waals surface area (Å²) in [5.74, 6) is 0.791. The zero-order valence-electron chi connectivity index (χ0n) is 7.70. The molecule has 0 bridgehead atoms. The van der Waals surface area contributed by atoms with Gasteiger partial charge in [0.2, 0.25) is 0 Å². The first-order chi connectivity index (χ1) is 5.27. The Morgan fingerprint density at radius 3 is 2.45 bits per heavy atom. The maximum Gasteiger partial charge on any atom is -0.000472 e. The molecule has 0 aliphatic heterocycles. The molecule has 1 nitrogen and oxygen atoms in total. The van der Waals surface area contributed by atoms with E-state index < -0.39 is 0 Å². The molecule has 0 heterocycles. The molecule has 0 aliphatic rings. The Kier molecular flexibility index (Phi) is 9.33. The number of unbranched alkanes of at least 4 members (excludes halogenated alkanes) is 2. The molecule has 0 aromatic heterocycles. The quantitative estimate of drug-likeness (QED) is 0.426. The van der Waals surface area contributed by atoms with Crippen LogP contribution in [-0.4, -0.2) is 17.5 Å². The van der Waals surface area contributed by atoms with Gasteiger partial charge in [-0.3, -0.25) is 0 Å². The molecule has 0 unspecified atom stereocenters. The smallest absolute Gasteiger partial charge is 0.000472 e. The minimum atomic E-state index is 0.791. The molecule has 0 saturated carbocycles. The second kappa shape index (κ2) is 8.78. The second-order valence-corrected chi connectivity index (χ2v) is 4.43. The minimum Gasteiger partial charge on any atom is -0.316 e. The lowest BCUT2D eigenvalue weighted by Gasteiger charge is -2.06. The molecule has 68 valence electrons. The van der Waals surface area contributed by atoms with Gasteiger partial charge in [-0.25, -0.2) is 0 Å². The third kappa shape index (κ3) is 10.7. The predicted octanol–water partition coefficient (Wildman–Crippen LogP) is 2.84. The lowest BCUT2D eigenvalue weighted by molar-refractivity contribution is 0.535. The number of halogens is 1. The lowest BCUT2D eigenvalue weighted by Crippen LogP contribution is -2.20. The van der Waals surface area contributed by atoms with E-state index in [1.165, 1.54) is 36.8 Å². The largest absolute Gasteiger partial charge is 0.316 e. The van der Waals surface area contributed by atoms with Crippen LogP contribution in [0.2, 0.25) is 0 Å².